The fraction of sp³-hybridized carbons (Fsp3) is 0.100. The van der Waals surface area contributed by atoms with Crippen molar-refractivity contribution in [2.75, 3.05) is 0 Å². The molecule has 0 fully saturated rings. The first-order chi connectivity index (χ1) is 6.40. The smallest absolute Gasteiger partial charge is 0.235 e. The molecule has 3 heteroatoms. The van der Waals surface area contributed by atoms with E-state index in [1.165, 1.54) is 6.08 Å². The zero-order chi connectivity index (χ0) is 9.10. The minimum Gasteiger partial charge on any atom is -0.464 e. The molecule has 0 unspecified atom stereocenters. The molecule has 0 amide bonds. The first-order valence-corrected chi connectivity index (χ1v) is 3.90. The number of isocyanates is 1. The molecule has 0 bridgehead atoms. The van der Waals surface area contributed by atoms with Gasteiger partial charge in [0.2, 0.25) is 6.08 Å². The molecule has 0 aliphatic carbocycles. The standard InChI is InChI=1S/C10H7NO2/c12-7-11-6-8-1-2-9-3-4-13-10(9)5-8/h1-5H,6H2. The number of carbonyl (C=O) groups excluding carboxylic acids is 1. The van der Waals surface area contributed by atoms with Crippen molar-refractivity contribution < 1.29 is 9.21 Å². The predicted molar refractivity (Wildman–Crippen MR) is 48.0 cm³/mol. The summed E-state index contributed by atoms with van der Waals surface area (Å²) in [7, 11) is 0. The second-order valence-corrected chi connectivity index (χ2v) is 2.70. The Balaban J connectivity index is 2.42. The van der Waals surface area contributed by atoms with E-state index < -0.39 is 0 Å². The monoisotopic (exact) mass is 173 g/mol. The lowest BCUT2D eigenvalue weighted by Gasteiger charge is -1.93. The highest BCUT2D eigenvalue weighted by Gasteiger charge is 1.97. The van der Waals surface area contributed by atoms with E-state index in [0.717, 1.165) is 16.5 Å². The molecule has 13 heavy (non-hydrogen) atoms. The van der Waals surface area contributed by atoms with Gasteiger partial charge in [-0.15, -0.1) is 0 Å². The summed E-state index contributed by atoms with van der Waals surface area (Å²) in [6.45, 7) is 0.361. The normalized spacial score (nSPS) is 9.85. The third kappa shape index (κ3) is 1.50. The number of hydrogen-bond acceptors (Lipinski definition) is 3. The summed E-state index contributed by atoms with van der Waals surface area (Å²) in [4.78, 5) is 13.4. The third-order valence-corrected chi connectivity index (χ3v) is 1.85. The van der Waals surface area contributed by atoms with E-state index in [4.69, 9.17) is 4.42 Å². The molecule has 1 aromatic heterocycles. The SMILES string of the molecule is O=C=NCc1ccc2ccoc2c1. The minimum atomic E-state index is 0.361. The van der Waals surface area contributed by atoms with Gasteiger partial charge >= 0.3 is 0 Å². The Kier molecular flexibility index (Phi) is 1.94. The van der Waals surface area contributed by atoms with Crippen LogP contribution in [0.2, 0.25) is 0 Å². The maximum absolute atomic E-state index is 9.88. The van der Waals surface area contributed by atoms with Gasteiger partial charge in [-0.25, -0.2) is 9.79 Å². The molecule has 0 N–H and O–H groups in total. The second kappa shape index (κ2) is 3.25. The fourth-order valence-electron chi connectivity index (χ4n) is 1.22. The maximum Gasteiger partial charge on any atom is 0.235 e. The highest BCUT2D eigenvalue weighted by atomic mass is 16.3. The van der Waals surface area contributed by atoms with Crippen LogP contribution in [-0.4, -0.2) is 6.08 Å². The Morgan fingerprint density at radius 1 is 1.38 bits per heavy atom. The number of furan rings is 1. The molecule has 1 heterocycles. The molecular formula is C10H7NO2. The van der Waals surface area contributed by atoms with Crippen molar-refractivity contribution in [2.24, 2.45) is 4.99 Å². The molecule has 0 aliphatic rings. The van der Waals surface area contributed by atoms with Crippen LogP contribution in [0.15, 0.2) is 39.9 Å². The second-order valence-electron chi connectivity index (χ2n) is 2.70. The van der Waals surface area contributed by atoms with E-state index in [2.05, 4.69) is 4.99 Å². The van der Waals surface area contributed by atoms with E-state index in [1.807, 2.05) is 24.3 Å². The van der Waals surface area contributed by atoms with Crippen LogP contribution < -0.4 is 0 Å². The minimum absolute atomic E-state index is 0.361. The summed E-state index contributed by atoms with van der Waals surface area (Å²) in [5.74, 6) is 0. The van der Waals surface area contributed by atoms with Gasteiger partial charge in [-0.3, -0.25) is 0 Å². The van der Waals surface area contributed by atoms with Crippen LogP contribution in [0.5, 0.6) is 0 Å². The van der Waals surface area contributed by atoms with Crippen LogP contribution in [0.4, 0.5) is 0 Å². The Morgan fingerprint density at radius 2 is 2.31 bits per heavy atom. The Morgan fingerprint density at radius 3 is 3.15 bits per heavy atom. The third-order valence-electron chi connectivity index (χ3n) is 1.85. The van der Waals surface area contributed by atoms with Crippen molar-refractivity contribution in [1.82, 2.24) is 0 Å². The molecule has 64 valence electrons. The van der Waals surface area contributed by atoms with E-state index in [0.29, 0.717) is 6.54 Å². The predicted octanol–water partition coefficient (Wildman–Crippen LogP) is 2.27. The zero-order valence-electron chi connectivity index (χ0n) is 6.86. The zero-order valence-corrected chi connectivity index (χ0v) is 6.86. The van der Waals surface area contributed by atoms with Crippen molar-refractivity contribution in [1.29, 1.82) is 0 Å². The molecule has 2 aromatic rings. The number of benzene rings is 1. The molecule has 0 saturated heterocycles. The van der Waals surface area contributed by atoms with Crippen LogP contribution in [0, 0.1) is 0 Å². The molecule has 0 spiro atoms. The number of fused-ring (bicyclic) bond motifs is 1. The maximum atomic E-state index is 9.88. The van der Waals surface area contributed by atoms with Crippen molar-refractivity contribution in [2.45, 2.75) is 6.54 Å². The van der Waals surface area contributed by atoms with Crippen molar-refractivity contribution in [3.8, 4) is 0 Å². The van der Waals surface area contributed by atoms with Gasteiger partial charge < -0.3 is 4.42 Å². The summed E-state index contributed by atoms with van der Waals surface area (Å²) >= 11 is 0. The summed E-state index contributed by atoms with van der Waals surface area (Å²) in [6, 6.07) is 7.62. The molecule has 0 radical (unpaired) electrons. The molecule has 0 atom stereocenters. The Bertz CT molecular complexity index is 466. The number of hydrogen-bond donors (Lipinski definition) is 0. The first kappa shape index (κ1) is 7.77. The average molecular weight is 173 g/mol. The molecule has 1 aromatic carbocycles. The summed E-state index contributed by atoms with van der Waals surface area (Å²) in [5.41, 5.74) is 1.77. The number of aliphatic imine (C=N–C) groups is 1. The van der Waals surface area contributed by atoms with Gasteiger partial charge in [-0.1, -0.05) is 12.1 Å². The van der Waals surface area contributed by atoms with Gasteiger partial charge in [0.1, 0.15) is 5.58 Å². The summed E-state index contributed by atoms with van der Waals surface area (Å²) in [6.07, 6.45) is 3.14. The van der Waals surface area contributed by atoms with Crippen molar-refractivity contribution in [3.05, 3.63) is 36.1 Å². The van der Waals surface area contributed by atoms with Crippen LogP contribution >= 0.6 is 0 Å². The lowest BCUT2D eigenvalue weighted by atomic mass is 10.2. The highest BCUT2D eigenvalue weighted by Crippen LogP contribution is 2.17. The molecule has 0 saturated carbocycles. The topological polar surface area (TPSA) is 42.6 Å². The molecule has 2 rings (SSSR count). The van der Waals surface area contributed by atoms with Crippen molar-refractivity contribution >= 4 is 17.0 Å². The van der Waals surface area contributed by atoms with E-state index in [1.54, 1.807) is 6.26 Å². The van der Waals surface area contributed by atoms with Crippen LogP contribution in [0.3, 0.4) is 0 Å². The van der Waals surface area contributed by atoms with Gasteiger partial charge in [0, 0.05) is 5.39 Å². The van der Waals surface area contributed by atoms with E-state index in [9.17, 15) is 4.79 Å². The van der Waals surface area contributed by atoms with Gasteiger partial charge in [0.25, 0.3) is 0 Å². The first-order valence-electron chi connectivity index (χ1n) is 3.90. The summed E-state index contributed by atoms with van der Waals surface area (Å²) < 4.78 is 5.20. The van der Waals surface area contributed by atoms with Gasteiger partial charge in [-0.05, 0) is 17.7 Å². The molecular weight excluding hydrogens is 166 g/mol. The summed E-state index contributed by atoms with van der Waals surface area (Å²) in [5, 5.41) is 1.05. The largest absolute Gasteiger partial charge is 0.464 e. The fourth-order valence-corrected chi connectivity index (χ4v) is 1.22. The number of rotatable bonds is 2. The molecule has 0 aliphatic heterocycles. The lowest BCUT2D eigenvalue weighted by molar-refractivity contribution is 0.562. The lowest BCUT2D eigenvalue weighted by Crippen LogP contribution is -1.79. The van der Waals surface area contributed by atoms with Crippen LogP contribution in [0.25, 0.3) is 11.0 Å². The van der Waals surface area contributed by atoms with Crippen molar-refractivity contribution in [3.63, 3.8) is 0 Å². The Hall–Kier alpha value is -1.86. The Labute approximate surface area is 74.7 Å². The highest BCUT2D eigenvalue weighted by molar-refractivity contribution is 5.77. The van der Waals surface area contributed by atoms with Gasteiger partial charge in [0.15, 0.2) is 0 Å². The van der Waals surface area contributed by atoms with E-state index >= 15 is 0 Å². The number of nitrogens with zero attached hydrogens (tertiary/aromatic N) is 1. The van der Waals surface area contributed by atoms with E-state index in [-0.39, 0.29) is 0 Å². The van der Waals surface area contributed by atoms with Gasteiger partial charge in [0.05, 0.1) is 12.8 Å². The van der Waals surface area contributed by atoms with Crippen LogP contribution in [-0.2, 0) is 11.3 Å². The average Bonchev–Trinajstić information content (AvgIpc) is 2.61. The van der Waals surface area contributed by atoms with Gasteiger partial charge in [-0.2, -0.15) is 0 Å². The quantitative estimate of drug-likeness (QED) is 0.516. The van der Waals surface area contributed by atoms with Crippen LogP contribution in [0.1, 0.15) is 5.56 Å². The molecule has 3 nitrogen and oxygen atoms in total.